The highest BCUT2D eigenvalue weighted by Crippen LogP contribution is 2.38. The largest absolute Gasteiger partial charge is 0.495 e. The van der Waals surface area contributed by atoms with Crippen molar-refractivity contribution in [2.75, 3.05) is 17.3 Å². The van der Waals surface area contributed by atoms with Gasteiger partial charge in [-0.05, 0) is 66.9 Å². The quantitative estimate of drug-likeness (QED) is 0.339. The molecule has 1 N–H and O–H groups in total. The number of aryl methyl sites for hydroxylation is 2. The fraction of sp³-hybridized carbons (Fsp3) is 0.120. The van der Waals surface area contributed by atoms with Crippen LogP contribution in [0.1, 0.15) is 16.7 Å². The minimum Gasteiger partial charge on any atom is -0.495 e. The van der Waals surface area contributed by atoms with E-state index in [1.165, 1.54) is 31.4 Å². The summed E-state index contributed by atoms with van der Waals surface area (Å²) >= 11 is 0. The van der Waals surface area contributed by atoms with Crippen molar-refractivity contribution in [2.45, 2.75) is 13.8 Å². The molecule has 3 aromatic rings. The zero-order valence-electron chi connectivity index (χ0n) is 18.3. The number of amides is 2. The van der Waals surface area contributed by atoms with Crippen molar-refractivity contribution in [1.29, 1.82) is 0 Å². The number of imide groups is 1. The number of carbonyl (C=O) groups is 2. The maximum atomic E-state index is 13.5. The van der Waals surface area contributed by atoms with E-state index in [9.17, 15) is 19.7 Å². The van der Waals surface area contributed by atoms with E-state index >= 15 is 0 Å². The van der Waals surface area contributed by atoms with Crippen LogP contribution in [0.3, 0.4) is 0 Å². The lowest BCUT2D eigenvalue weighted by Gasteiger charge is -2.18. The van der Waals surface area contributed by atoms with Crippen LogP contribution < -0.4 is 15.0 Å². The average molecular weight is 443 g/mol. The summed E-state index contributed by atoms with van der Waals surface area (Å²) in [5.41, 5.74) is 3.57. The van der Waals surface area contributed by atoms with Crippen LogP contribution >= 0.6 is 0 Å². The van der Waals surface area contributed by atoms with Gasteiger partial charge in [-0.2, -0.15) is 0 Å². The van der Waals surface area contributed by atoms with Crippen LogP contribution in [0, 0.1) is 24.0 Å². The zero-order chi connectivity index (χ0) is 23.7. The van der Waals surface area contributed by atoms with Crippen LogP contribution in [-0.4, -0.2) is 23.8 Å². The van der Waals surface area contributed by atoms with Crippen molar-refractivity contribution in [3.05, 3.63) is 99.2 Å². The van der Waals surface area contributed by atoms with Crippen molar-refractivity contribution >= 4 is 34.4 Å². The SMILES string of the molecule is COc1ccccc1N1C(=O)C(Nc2ccc(C)c(C)c2)=C(c2ccc([N+](=O)[O-])cc2)C1=O. The molecule has 0 saturated carbocycles. The molecule has 4 rings (SSSR count). The Morgan fingerprint density at radius 3 is 2.24 bits per heavy atom. The van der Waals surface area contributed by atoms with E-state index in [0.29, 0.717) is 22.7 Å². The Hall–Kier alpha value is -4.46. The minimum absolute atomic E-state index is 0.0861. The topological polar surface area (TPSA) is 102 Å². The van der Waals surface area contributed by atoms with E-state index in [0.717, 1.165) is 16.0 Å². The summed E-state index contributed by atoms with van der Waals surface area (Å²) in [7, 11) is 1.46. The van der Waals surface area contributed by atoms with Gasteiger partial charge in [-0.3, -0.25) is 19.7 Å². The third-order valence-corrected chi connectivity index (χ3v) is 5.55. The summed E-state index contributed by atoms with van der Waals surface area (Å²) in [4.78, 5) is 38.7. The zero-order valence-corrected chi connectivity index (χ0v) is 18.3. The molecule has 2 amide bonds. The average Bonchev–Trinajstić information content (AvgIpc) is 3.05. The smallest absolute Gasteiger partial charge is 0.282 e. The molecule has 8 heteroatoms. The number of ether oxygens (including phenoxy) is 1. The number of anilines is 2. The van der Waals surface area contributed by atoms with Gasteiger partial charge in [0.25, 0.3) is 17.5 Å². The number of methoxy groups -OCH3 is 1. The Morgan fingerprint density at radius 2 is 1.61 bits per heavy atom. The molecule has 0 unspecified atom stereocenters. The summed E-state index contributed by atoms with van der Waals surface area (Å²) in [6.45, 7) is 3.93. The molecule has 1 aliphatic rings. The predicted molar refractivity (Wildman–Crippen MR) is 125 cm³/mol. The minimum atomic E-state index is -0.551. The summed E-state index contributed by atoms with van der Waals surface area (Å²) in [6.07, 6.45) is 0. The van der Waals surface area contributed by atoms with Gasteiger partial charge < -0.3 is 10.1 Å². The number of benzene rings is 3. The molecule has 3 aromatic carbocycles. The van der Waals surface area contributed by atoms with Gasteiger partial charge in [-0.15, -0.1) is 0 Å². The van der Waals surface area contributed by atoms with Crippen LogP contribution in [0.15, 0.2) is 72.4 Å². The number of hydrogen-bond acceptors (Lipinski definition) is 6. The number of carbonyl (C=O) groups excluding carboxylic acids is 2. The van der Waals surface area contributed by atoms with E-state index in [1.807, 2.05) is 32.0 Å². The lowest BCUT2D eigenvalue weighted by molar-refractivity contribution is -0.384. The number of nitrogens with zero attached hydrogens (tertiary/aromatic N) is 2. The maximum absolute atomic E-state index is 13.5. The highest BCUT2D eigenvalue weighted by Gasteiger charge is 2.41. The van der Waals surface area contributed by atoms with Gasteiger partial charge in [0.05, 0.1) is 23.3 Å². The van der Waals surface area contributed by atoms with Crippen LogP contribution in [0.25, 0.3) is 5.57 Å². The number of non-ortho nitro benzene ring substituents is 1. The predicted octanol–water partition coefficient (Wildman–Crippen LogP) is 4.62. The van der Waals surface area contributed by atoms with Crippen molar-refractivity contribution < 1.29 is 19.2 Å². The van der Waals surface area contributed by atoms with Gasteiger partial charge in [0.15, 0.2) is 0 Å². The third-order valence-electron chi connectivity index (χ3n) is 5.55. The molecule has 0 aliphatic carbocycles. The number of rotatable bonds is 6. The molecule has 0 radical (unpaired) electrons. The van der Waals surface area contributed by atoms with Gasteiger partial charge in [0.2, 0.25) is 0 Å². The highest BCUT2D eigenvalue weighted by molar-refractivity contribution is 6.46. The number of nitro groups is 1. The molecule has 1 aliphatic heterocycles. The van der Waals surface area contributed by atoms with E-state index in [-0.39, 0.29) is 17.0 Å². The first kappa shape index (κ1) is 21.8. The second-order valence-electron chi connectivity index (χ2n) is 7.60. The van der Waals surface area contributed by atoms with Gasteiger partial charge in [0, 0.05) is 17.8 Å². The molecule has 1 heterocycles. The van der Waals surface area contributed by atoms with Gasteiger partial charge in [0.1, 0.15) is 11.4 Å². The van der Waals surface area contributed by atoms with Crippen LogP contribution in [0.2, 0.25) is 0 Å². The molecule has 0 saturated heterocycles. The van der Waals surface area contributed by atoms with E-state index in [4.69, 9.17) is 4.74 Å². The second-order valence-corrected chi connectivity index (χ2v) is 7.60. The highest BCUT2D eigenvalue weighted by atomic mass is 16.6. The normalized spacial score (nSPS) is 13.5. The fourth-order valence-corrected chi connectivity index (χ4v) is 3.66. The van der Waals surface area contributed by atoms with Gasteiger partial charge in [-0.1, -0.05) is 18.2 Å². The monoisotopic (exact) mass is 443 g/mol. The van der Waals surface area contributed by atoms with E-state index < -0.39 is 16.7 Å². The van der Waals surface area contributed by atoms with Crippen LogP contribution in [0.5, 0.6) is 5.75 Å². The first-order valence-corrected chi connectivity index (χ1v) is 10.2. The number of nitrogens with one attached hydrogen (secondary N) is 1. The van der Waals surface area contributed by atoms with Crippen LogP contribution in [0.4, 0.5) is 17.1 Å². The molecule has 8 nitrogen and oxygen atoms in total. The second kappa shape index (κ2) is 8.58. The van der Waals surface area contributed by atoms with Crippen molar-refractivity contribution in [1.82, 2.24) is 0 Å². The number of nitro benzene ring substituents is 1. The Morgan fingerprint density at radius 1 is 0.909 bits per heavy atom. The lowest BCUT2D eigenvalue weighted by Crippen LogP contribution is -2.32. The van der Waals surface area contributed by atoms with E-state index in [1.54, 1.807) is 24.3 Å². The Bertz CT molecular complexity index is 1310. The molecular formula is C25H21N3O5. The Labute approximate surface area is 190 Å². The summed E-state index contributed by atoms with van der Waals surface area (Å²) in [6, 6.07) is 17.9. The fourth-order valence-electron chi connectivity index (χ4n) is 3.66. The Balaban J connectivity index is 1.84. The molecule has 0 atom stereocenters. The molecule has 166 valence electrons. The summed E-state index contributed by atoms with van der Waals surface area (Å²) in [5, 5.41) is 14.2. The van der Waals surface area contributed by atoms with Crippen molar-refractivity contribution in [3.8, 4) is 5.75 Å². The first-order valence-electron chi connectivity index (χ1n) is 10.2. The standard InChI is InChI=1S/C25H21N3O5/c1-15-8-11-18(14-16(15)2)26-23-22(17-9-12-19(13-10-17)28(31)32)24(29)27(25(23)30)20-6-4-5-7-21(20)33-3/h4-14,26H,1-3H3. The van der Waals surface area contributed by atoms with E-state index in [2.05, 4.69) is 5.32 Å². The van der Waals surface area contributed by atoms with Gasteiger partial charge in [-0.25, -0.2) is 4.90 Å². The van der Waals surface area contributed by atoms with Gasteiger partial charge >= 0.3 is 0 Å². The van der Waals surface area contributed by atoms with Crippen molar-refractivity contribution in [3.63, 3.8) is 0 Å². The molecule has 0 bridgehead atoms. The summed E-state index contributed by atoms with van der Waals surface area (Å²) < 4.78 is 5.36. The Kier molecular flexibility index (Phi) is 5.66. The molecular weight excluding hydrogens is 422 g/mol. The third kappa shape index (κ3) is 3.94. The van der Waals surface area contributed by atoms with Crippen LogP contribution in [-0.2, 0) is 9.59 Å². The summed E-state index contributed by atoms with van der Waals surface area (Å²) in [5.74, 6) is -0.726. The first-order chi connectivity index (χ1) is 15.8. The van der Waals surface area contributed by atoms with Crippen molar-refractivity contribution in [2.24, 2.45) is 0 Å². The molecule has 33 heavy (non-hydrogen) atoms. The molecule has 0 fully saturated rings. The lowest BCUT2D eigenvalue weighted by atomic mass is 10.0. The molecule has 0 aromatic heterocycles. The number of hydrogen-bond donors (Lipinski definition) is 1. The molecule has 0 spiro atoms. The number of para-hydroxylation sites is 2. The maximum Gasteiger partial charge on any atom is 0.282 e.